The Kier molecular flexibility index (Phi) is 7.41. The average Bonchev–Trinajstić information content (AvgIpc) is 3.53. The smallest absolute Gasteiger partial charge is 0.336 e. The number of urea groups is 1. The number of rotatable bonds is 10. The van der Waals surface area contributed by atoms with Gasteiger partial charge in [-0.25, -0.2) is 9.48 Å². The number of hydrogen-bond acceptors (Lipinski definition) is 7. The van der Waals surface area contributed by atoms with E-state index in [9.17, 15) is 4.79 Å². The van der Waals surface area contributed by atoms with Crippen molar-refractivity contribution in [1.82, 2.24) is 14.8 Å². The van der Waals surface area contributed by atoms with Gasteiger partial charge in [0.2, 0.25) is 5.82 Å². The summed E-state index contributed by atoms with van der Waals surface area (Å²) in [6, 6.07) is 17.6. The number of carbonyl (C=O) groups is 1. The summed E-state index contributed by atoms with van der Waals surface area (Å²) in [6.07, 6.45) is 1.56. The first-order chi connectivity index (χ1) is 16.7. The molecule has 34 heavy (non-hydrogen) atoms. The van der Waals surface area contributed by atoms with Gasteiger partial charge in [-0.1, -0.05) is 6.07 Å². The fourth-order valence-corrected chi connectivity index (χ4v) is 3.12. The van der Waals surface area contributed by atoms with Gasteiger partial charge in [0.05, 0.1) is 25.7 Å². The summed E-state index contributed by atoms with van der Waals surface area (Å²) >= 11 is 0. The van der Waals surface area contributed by atoms with Crippen LogP contribution in [-0.4, -0.2) is 47.7 Å². The summed E-state index contributed by atoms with van der Waals surface area (Å²) < 4.78 is 23.2. The van der Waals surface area contributed by atoms with Crippen LogP contribution in [0.1, 0.15) is 6.92 Å². The molecule has 0 bridgehead atoms. The summed E-state index contributed by atoms with van der Waals surface area (Å²) in [6.45, 7) is 3.28. The Hall–Kier alpha value is -4.31. The monoisotopic (exact) mass is 463 g/mol. The lowest BCUT2D eigenvalue weighted by Gasteiger charge is -2.10. The molecule has 0 saturated heterocycles. The van der Waals surface area contributed by atoms with E-state index in [0.29, 0.717) is 54.2 Å². The first-order valence-electron chi connectivity index (χ1n) is 10.7. The van der Waals surface area contributed by atoms with Gasteiger partial charge in [-0.05, 0) is 61.5 Å². The number of nitrogens with zero attached hydrogens (tertiary/aromatic N) is 3. The van der Waals surface area contributed by atoms with Crippen LogP contribution in [0.3, 0.4) is 0 Å². The number of carbonyl (C=O) groups excluding carboxylic acids is 1. The zero-order valence-corrected chi connectivity index (χ0v) is 18.9. The van der Waals surface area contributed by atoms with E-state index in [1.807, 2.05) is 19.1 Å². The van der Waals surface area contributed by atoms with Gasteiger partial charge >= 0.3 is 12.0 Å². The number of aromatic nitrogens is 3. The van der Waals surface area contributed by atoms with E-state index in [1.54, 1.807) is 66.6 Å². The van der Waals surface area contributed by atoms with Crippen LogP contribution in [0.2, 0.25) is 0 Å². The molecule has 2 aromatic carbocycles. The van der Waals surface area contributed by atoms with Crippen molar-refractivity contribution in [2.75, 3.05) is 37.6 Å². The number of methoxy groups -OCH3 is 1. The van der Waals surface area contributed by atoms with Crippen LogP contribution in [0.4, 0.5) is 16.2 Å². The Morgan fingerprint density at radius 2 is 1.85 bits per heavy atom. The van der Waals surface area contributed by atoms with Crippen molar-refractivity contribution in [3.63, 3.8) is 0 Å². The number of benzene rings is 2. The first-order valence-corrected chi connectivity index (χ1v) is 10.7. The van der Waals surface area contributed by atoms with Crippen molar-refractivity contribution >= 4 is 17.4 Å². The van der Waals surface area contributed by atoms with E-state index in [1.165, 1.54) is 0 Å². The highest BCUT2D eigenvalue weighted by atomic mass is 16.5. The van der Waals surface area contributed by atoms with Crippen LogP contribution in [0, 0.1) is 0 Å². The molecule has 0 radical (unpaired) electrons. The van der Waals surface area contributed by atoms with Crippen molar-refractivity contribution < 1.29 is 23.4 Å². The molecule has 0 fully saturated rings. The van der Waals surface area contributed by atoms with Gasteiger partial charge in [-0.15, -0.1) is 5.10 Å². The zero-order chi connectivity index (χ0) is 23.8. The Labute approximate surface area is 196 Å². The minimum Gasteiger partial charge on any atom is -0.497 e. The van der Waals surface area contributed by atoms with E-state index < -0.39 is 0 Å². The van der Waals surface area contributed by atoms with Gasteiger partial charge in [0.15, 0.2) is 5.76 Å². The summed E-state index contributed by atoms with van der Waals surface area (Å²) in [5.74, 6) is 1.71. The van der Waals surface area contributed by atoms with Gasteiger partial charge in [-0.3, -0.25) is 0 Å². The molecule has 0 spiro atoms. The average molecular weight is 463 g/mol. The molecule has 0 unspecified atom stereocenters. The summed E-state index contributed by atoms with van der Waals surface area (Å²) in [4.78, 5) is 16.9. The Morgan fingerprint density at radius 1 is 1.03 bits per heavy atom. The van der Waals surface area contributed by atoms with Crippen LogP contribution >= 0.6 is 0 Å². The van der Waals surface area contributed by atoms with Crippen molar-refractivity contribution in [2.45, 2.75) is 6.92 Å². The van der Waals surface area contributed by atoms with Crippen LogP contribution in [0.15, 0.2) is 71.3 Å². The molecular formula is C24H25N5O5. The van der Waals surface area contributed by atoms with Crippen molar-refractivity contribution in [3.05, 3.63) is 66.9 Å². The van der Waals surface area contributed by atoms with Crippen LogP contribution < -0.4 is 20.1 Å². The third-order valence-electron chi connectivity index (χ3n) is 4.69. The molecule has 0 aliphatic rings. The van der Waals surface area contributed by atoms with Crippen molar-refractivity contribution in [3.8, 4) is 29.0 Å². The lowest BCUT2D eigenvalue weighted by Crippen LogP contribution is -2.19. The third-order valence-corrected chi connectivity index (χ3v) is 4.69. The summed E-state index contributed by atoms with van der Waals surface area (Å²) in [5.41, 5.74) is 1.88. The van der Waals surface area contributed by atoms with E-state index in [4.69, 9.17) is 18.6 Å². The van der Waals surface area contributed by atoms with E-state index in [0.717, 1.165) is 0 Å². The minimum atomic E-state index is -0.382. The molecule has 0 atom stereocenters. The molecule has 2 aromatic heterocycles. The molecule has 2 amide bonds. The standard InChI is InChI=1S/C24H25N5O5/c1-3-32-14-15-34-24-27-22(21-8-5-13-33-21)29(28-24)19-7-4-6-18(16-19)26-23(30)25-17-9-11-20(31-2)12-10-17/h4-13,16H,3,14-15H2,1-2H3,(H2,25,26,30). The van der Waals surface area contributed by atoms with Gasteiger partial charge < -0.3 is 29.3 Å². The van der Waals surface area contributed by atoms with Crippen LogP contribution in [0.25, 0.3) is 17.3 Å². The highest BCUT2D eigenvalue weighted by Gasteiger charge is 2.17. The molecule has 0 aliphatic carbocycles. The fraction of sp³-hybridized carbons (Fsp3) is 0.208. The maximum Gasteiger partial charge on any atom is 0.336 e. The number of furan rings is 1. The Morgan fingerprint density at radius 3 is 2.59 bits per heavy atom. The third kappa shape index (κ3) is 5.73. The normalized spacial score (nSPS) is 10.6. The lowest BCUT2D eigenvalue weighted by atomic mass is 10.2. The van der Waals surface area contributed by atoms with Gasteiger partial charge in [0.25, 0.3) is 0 Å². The van der Waals surface area contributed by atoms with E-state index in [2.05, 4.69) is 20.7 Å². The van der Waals surface area contributed by atoms with Crippen LogP contribution in [0.5, 0.6) is 11.8 Å². The molecule has 176 valence electrons. The highest BCUT2D eigenvalue weighted by molar-refractivity contribution is 5.99. The predicted octanol–water partition coefficient (Wildman–Crippen LogP) is 4.60. The maximum atomic E-state index is 12.5. The minimum absolute atomic E-state index is 0.196. The maximum absolute atomic E-state index is 12.5. The lowest BCUT2D eigenvalue weighted by molar-refractivity contribution is 0.106. The van der Waals surface area contributed by atoms with Crippen LogP contribution in [-0.2, 0) is 4.74 Å². The number of ether oxygens (including phenoxy) is 3. The zero-order valence-electron chi connectivity index (χ0n) is 18.9. The number of hydrogen-bond donors (Lipinski definition) is 2. The molecule has 0 aliphatic heterocycles. The van der Waals surface area contributed by atoms with E-state index >= 15 is 0 Å². The number of amides is 2. The highest BCUT2D eigenvalue weighted by Crippen LogP contribution is 2.25. The molecule has 2 heterocycles. The molecule has 10 heteroatoms. The molecule has 4 rings (SSSR count). The molecule has 0 saturated carbocycles. The predicted molar refractivity (Wildman–Crippen MR) is 127 cm³/mol. The summed E-state index contributed by atoms with van der Waals surface area (Å²) in [5, 5.41) is 10.1. The number of nitrogens with one attached hydrogen (secondary N) is 2. The first kappa shape index (κ1) is 22.9. The second-order valence-electron chi connectivity index (χ2n) is 7.01. The van der Waals surface area contributed by atoms with E-state index in [-0.39, 0.29) is 12.0 Å². The molecule has 4 aromatic rings. The Bertz CT molecular complexity index is 1200. The second-order valence-corrected chi connectivity index (χ2v) is 7.01. The molecule has 2 N–H and O–H groups in total. The SMILES string of the molecule is CCOCCOc1nc(-c2ccco2)n(-c2cccc(NC(=O)Nc3ccc(OC)cc3)c2)n1. The van der Waals surface area contributed by atoms with Crippen molar-refractivity contribution in [2.24, 2.45) is 0 Å². The molecule has 10 nitrogen and oxygen atoms in total. The second kappa shape index (κ2) is 11.0. The summed E-state index contributed by atoms with van der Waals surface area (Å²) in [7, 11) is 1.59. The van der Waals surface area contributed by atoms with Gasteiger partial charge in [-0.2, -0.15) is 4.98 Å². The topological polar surface area (TPSA) is 113 Å². The Balaban J connectivity index is 1.51. The van der Waals surface area contributed by atoms with Gasteiger partial charge in [0.1, 0.15) is 12.4 Å². The number of anilines is 2. The van der Waals surface area contributed by atoms with Crippen molar-refractivity contribution in [1.29, 1.82) is 0 Å². The largest absolute Gasteiger partial charge is 0.497 e. The fourth-order valence-electron chi connectivity index (χ4n) is 3.12. The van der Waals surface area contributed by atoms with Gasteiger partial charge in [0, 0.05) is 18.0 Å². The quantitative estimate of drug-likeness (QED) is 0.331. The molecular weight excluding hydrogens is 438 g/mol.